The fourth-order valence-electron chi connectivity index (χ4n) is 1.82. The van der Waals surface area contributed by atoms with Crippen molar-refractivity contribution in [2.75, 3.05) is 12.3 Å². The molecule has 0 spiro atoms. The van der Waals surface area contributed by atoms with E-state index < -0.39 is 5.51 Å². The van der Waals surface area contributed by atoms with Crippen molar-refractivity contribution in [1.29, 1.82) is 0 Å². The SMILES string of the molecule is Cc1cc(C)cc(C(C)NCCSC(F)(F)F)c1. The maximum Gasteiger partial charge on any atom is 0.441 e. The molecular weight excluding hydrogens is 259 g/mol. The number of rotatable bonds is 5. The highest BCUT2D eigenvalue weighted by Gasteiger charge is 2.27. The van der Waals surface area contributed by atoms with Crippen LogP contribution in [-0.4, -0.2) is 17.8 Å². The lowest BCUT2D eigenvalue weighted by Crippen LogP contribution is -2.22. The summed E-state index contributed by atoms with van der Waals surface area (Å²) in [7, 11) is 0. The van der Waals surface area contributed by atoms with Gasteiger partial charge in [-0.2, -0.15) is 13.2 Å². The lowest BCUT2D eigenvalue weighted by Gasteiger charge is -2.16. The molecule has 1 N–H and O–H groups in total. The zero-order valence-corrected chi connectivity index (χ0v) is 11.6. The largest absolute Gasteiger partial charge is 0.441 e. The molecule has 18 heavy (non-hydrogen) atoms. The van der Waals surface area contributed by atoms with E-state index in [0.717, 1.165) is 5.56 Å². The maximum atomic E-state index is 11.9. The third kappa shape index (κ3) is 5.78. The van der Waals surface area contributed by atoms with Crippen molar-refractivity contribution in [1.82, 2.24) is 5.32 Å². The van der Waals surface area contributed by atoms with Crippen LogP contribution in [0.25, 0.3) is 0 Å². The number of hydrogen-bond donors (Lipinski definition) is 1. The van der Waals surface area contributed by atoms with Crippen LogP contribution in [0.3, 0.4) is 0 Å². The van der Waals surface area contributed by atoms with Crippen LogP contribution in [0.4, 0.5) is 13.2 Å². The molecule has 1 atom stereocenters. The van der Waals surface area contributed by atoms with Gasteiger partial charge in [0.2, 0.25) is 0 Å². The smallest absolute Gasteiger partial charge is 0.309 e. The number of alkyl halides is 3. The van der Waals surface area contributed by atoms with E-state index >= 15 is 0 Å². The van der Waals surface area contributed by atoms with Gasteiger partial charge in [0.1, 0.15) is 0 Å². The molecule has 0 amide bonds. The highest BCUT2D eigenvalue weighted by molar-refractivity contribution is 8.00. The lowest BCUT2D eigenvalue weighted by atomic mass is 10.0. The topological polar surface area (TPSA) is 12.0 Å². The van der Waals surface area contributed by atoms with Crippen LogP contribution < -0.4 is 5.32 Å². The van der Waals surface area contributed by atoms with E-state index in [2.05, 4.69) is 23.5 Å². The average molecular weight is 277 g/mol. The second-order valence-corrected chi connectivity index (χ2v) is 5.55. The predicted octanol–water partition coefficient (Wildman–Crippen LogP) is 4.21. The Morgan fingerprint density at radius 1 is 1.17 bits per heavy atom. The minimum atomic E-state index is -4.13. The van der Waals surface area contributed by atoms with Crippen molar-refractivity contribution in [2.24, 2.45) is 0 Å². The van der Waals surface area contributed by atoms with E-state index in [1.165, 1.54) is 11.1 Å². The van der Waals surface area contributed by atoms with Crippen LogP contribution in [0.2, 0.25) is 0 Å². The van der Waals surface area contributed by atoms with Gasteiger partial charge < -0.3 is 5.32 Å². The zero-order chi connectivity index (χ0) is 13.8. The first-order valence-corrected chi connectivity index (χ1v) is 6.79. The Kier molecular flexibility index (Phi) is 5.53. The second-order valence-electron chi connectivity index (χ2n) is 4.39. The standard InChI is InChI=1S/C13H18F3NS/c1-9-6-10(2)8-12(7-9)11(3)17-4-5-18-13(14,15)16/h6-8,11,17H,4-5H2,1-3H3. The molecule has 0 aliphatic rings. The molecule has 0 bridgehead atoms. The van der Waals surface area contributed by atoms with E-state index in [1.54, 1.807) is 0 Å². The Bertz CT molecular complexity index is 370. The van der Waals surface area contributed by atoms with Crippen molar-refractivity contribution < 1.29 is 13.2 Å². The summed E-state index contributed by atoms with van der Waals surface area (Å²) in [5, 5.41) is 3.11. The first-order valence-electron chi connectivity index (χ1n) is 5.80. The molecule has 1 unspecified atom stereocenters. The van der Waals surface area contributed by atoms with Gasteiger partial charge in [0.05, 0.1) is 0 Å². The molecule has 1 nitrogen and oxygen atoms in total. The van der Waals surface area contributed by atoms with Gasteiger partial charge in [-0.3, -0.25) is 0 Å². The van der Waals surface area contributed by atoms with Crippen LogP contribution in [0, 0.1) is 13.8 Å². The quantitative estimate of drug-likeness (QED) is 0.809. The second kappa shape index (κ2) is 6.48. The fraction of sp³-hybridized carbons (Fsp3) is 0.538. The molecule has 1 rings (SSSR count). The van der Waals surface area contributed by atoms with E-state index in [9.17, 15) is 13.2 Å². The Morgan fingerprint density at radius 3 is 2.22 bits per heavy atom. The van der Waals surface area contributed by atoms with Gasteiger partial charge in [-0.05, 0) is 38.1 Å². The lowest BCUT2D eigenvalue weighted by molar-refractivity contribution is -0.0327. The minimum absolute atomic E-state index is 0.0145. The molecule has 0 fully saturated rings. The highest BCUT2D eigenvalue weighted by atomic mass is 32.2. The Labute approximate surface area is 110 Å². The summed E-state index contributed by atoms with van der Waals surface area (Å²) in [6, 6.07) is 6.26. The molecule has 1 aromatic carbocycles. The first-order chi connectivity index (χ1) is 8.28. The van der Waals surface area contributed by atoms with Crippen LogP contribution in [0.5, 0.6) is 0 Å². The zero-order valence-electron chi connectivity index (χ0n) is 10.8. The highest BCUT2D eigenvalue weighted by Crippen LogP contribution is 2.29. The normalized spacial score (nSPS) is 13.7. The van der Waals surface area contributed by atoms with Crippen LogP contribution in [0.15, 0.2) is 18.2 Å². The first kappa shape index (κ1) is 15.4. The fourth-order valence-corrected chi connectivity index (χ4v) is 2.27. The molecule has 1 aromatic rings. The monoisotopic (exact) mass is 277 g/mol. The van der Waals surface area contributed by atoms with E-state index in [4.69, 9.17) is 0 Å². The van der Waals surface area contributed by atoms with E-state index in [0.29, 0.717) is 6.54 Å². The summed E-state index contributed by atoms with van der Waals surface area (Å²) >= 11 is 0.0145. The Balaban J connectivity index is 2.43. The van der Waals surface area contributed by atoms with Crippen LogP contribution in [-0.2, 0) is 0 Å². The molecule has 5 heteroatoms. The van der Waals surface area contributed by atoms with Crippen LogP contribution in [0.1, 0.15) is 29.7 Å². The number of hydrogen-bond acceptors (Lipinski definition) is 2. The Morgan fingerprint density at radius 2 is 1.72 bits per heavy atom. The van der Waals surface area contributed by atoms with Gasteiger partial charge in [-0.1, -0.05) is 29.3 Å². The maximum absolute atomic E-state index is 11.9. The summed E-state index contributed by atoms with van der Waals surface area (Å²) in [4.78, 5) is 0. The molecule has 0 saturated carbocycles. The van der Waals surface area contributed by atoms with Crippen molar-refractivity contribution in [3.05, 3.63) is 34.9 Å². The number of thioether (sulfide) groups is 1. The minimum Gasteiger partial charge on any atom is -0.309 e. The van der Waals surface area contributed by atoms with Crippen molar-refractivity contribution in [3.8, 4) is 0 Å². The number of halogens is 3. The summed E-state index contributed by atoms with van der Waals surface area (Å²) < 4.78 is 35.8. The van der Waals surface area contributed by atoms with E-state index in [-0.39, 0.29) is 23.6 Å². The van der Waals surface area contributed by atoms with Crippen molar-refractivity contribution >= 4 is 11.8 Å². The molecule has 0 aromatic heterocycles. The van der Waals surface area contributed by atoms with Crippen LogP contribution >= 0.6 is 11.8 Å². The predicted molar refractivity (Wildman–Crippen MR) is 70.8 cm³/mol. The Hall–Kier alpha value is -0.680. The van der Waals surface area contributed by atoms with Gasteiger partial charge in [-0.25, -0.2) is 0 Å². The third-order valence-electron chi connectivity index (χ3n) is 2.56. The van der Waals surface area contributed by atoms with Crippen molar-refractivity contribution in [2.45, 2.75) is 32.3 Å². The average Bonchev–Trinajstić information content (AvgIpc) is 2.21. The molecule has 0 heterocycles. The van der Waals surface area contributed by atoms with Gasteiger partial charge in [0.15, 0.2) is 0 Å². The summed E-state index contributed by atoms with van der Waals surface area (Å²) in [6.45, 7) is 6.34. The van der Waals surface area contributed by atoms with Gasteiger partial charge in [0.25, 0.3) is 0 Å². The van der Waals surface area contributed by atoms with Gasteiger partial charge in [-0.15, -0.1) is 0 Å². The molecule has 0 aliphatic heterocycles. The van der Waals surface area contributed by atoms with Crippen molar-refractivity contribution in [3.63, 3.8) is 0 Å². The molecule has 102 valence electrons. The number of benzene rings is 1. The van der Waals surface area contributed by atoms with E-state index in [1.807, 2.05) is 20.8 Å². The number of nitrogens with one attached hydrogen (secondary N) is 1. The molecule has 0 radical (unpaired) electrons. The third-order valence-corrected chi connectivity index (χ3v) is 3.30. The molecular formula is C13H18F3NS. The number of aryl methyl sites for hydroxylation is 2. The summed E-state index contributed by atoms with van der Waals surface area (Å²) in [5.74, 6) is 0.0403. The van der Waals surface area contributed by atoms with Gasteiger partial charge >= 0.3 is 5.51 Å². The molecule has 0 aliphatic carbocycles. The molecule has 0 saturated heterocycles. The van der Waals surface area contributed by atoms with Gasteiger partial charge in [0, 0.05) is 18.3 Å². The summed E-state index contributed by atoms with van der Waals surface area (Å²) in [6.07, 6.45) is 0. The summed E-state index contributed by atoms with van der Waals surface area (Å²) in [5.41, 5.74) is -0.679.